The van der Waals surface area contributed by atoms with Crippen molar-refractivity contribution in [3.05, 3.63) is 113 Å². The average Bonchev–Trinajstić information content (AvgIpc) is 2.90. The van der Waals surface area contributed by atoms with E-state index in [0.717, 1.165) is 16.5 Å². The second-order valence-corrected chi connectivity index (χ2v) is 10.1. The third-order valence-corrected chi connectivity index (χ3v) is 7.68. The second kappa shape index (κ2) is 8.85. The number of hydrogen-bond acceptors (Lipinski definition) is 5. The monoisotopic (exact) mass is 482 g/mol. The van der Waals surface area contributed by atoms with Crippen LogP contribution < -0.4 is 10.3 Å². The van der Waals surface area contributed by atoms with E-state index in [1.165, 1.54) is 36.1 Å². The van der Waals surface area contributed by atoms with E-state index in [0.29, 0.717) is 22.5 Å². The molecule has 0 aliphatic heterocycles. The maximum atomic E-state index is 13.3. The van der Waals surface area contributed by atoms with Crippen molar-refractivity contribution >= 4 is 20.6 Å². The minimum absolute atomic E-state index is 0.124. The van der Waals surface area contributed by atoms with Crippen LogP contribution in [-0.4, -0.2) is 25.3 Å². The summed E-state index contributed by atoms with van der Waals surface area (Å²) in [6, 6.07) is 27.7. The molecule has 0 saturated heterocycles. The van der Waals surface area contributed by atoms with Gasteiger partial charge in [-0.3, -0.25) is 4.79 Å². The Bertz CT molecular complexity index is 1690. The minimum Gasteiger partial charge on any atom is -0.497 e. The molecule has 0 fully saturated rings. The molecule has 0 saturated carbocycles. The summed E-state index contributed by atoms with van der Waals surface area (Å²) >= 11 is 0. The lowest BCUT2D eigenvalue weighted by molar-refractivity contribution is 0.414. The molecule has 0 atom stereocenters. The number of fused-ring (bicyclic) bond motifs is 1. The molecule has 0 amide bonds. The van der Waals surface area contributed by atoms with Crippen LogP contribution in [0.2, 0.25) is 0 Å². The van der Waals surface area contributed by atoms with Gasteiger partial charge in [0, 0.05) is 10.9 Å². The molecule has 5 aromatic rings. The van der Waals surface area contributed by atoms with Crippen LogP contribution in [0.25, 0.3) is 27.7 Å². The maximum absolute atomic E-state index is 13.3. The van der Waals surface area contributed by atoms with E-state index in [2.05, 4.69) is 5.10 Å². The number of methoxy groups -OCH3 is 1. The molecule has 35 heavy (non-hydrogen) atoms. The third kappa shape index (κ3) is 4.11. The minimum atomic E-state index is -3.73. The molecular weight excluding hydrogens is 460 g/mol. The Kier molecular flexibility index (Phi) is 5.70. The van der Waals surface area contributed by atoms with Crippen molar-refractivity contribution < 1.29 is 13.2 Å². The lowest BCUT2D eigenvalue weighted by atomic mass is 10.0. The van der Waals surface area contributed by atoms with Crippen LogP contribution in [0.3, 0.4) is 0 Å². The summed E-state index contributed by atoms with van der Waals surface area (Å²) in [7, 11) is -2.20. The zero-order valence-corrected chi connectivity index (χ0v) is 20.0. The van der Waals surface area contributed by atoms with Crippen LogP contribution in [0.5, 0.6) is 5.75 Å². The quantitative estimate of drug-likeness (QED) is 0.344. The van der Waals surface area contributed by atoms with E-state index in [4.69, 9.17) is 4.74 Å². The van der Waals surface area contributed by atoms with E-state index in [-0.39, 0.29) is 15.4 Å². The number of benzene rings is 4. The molecule has 6 nitrogen and oxygen atoms in total. The van der Waals surface area contributed by atoms with Crippen LogP contribution in [0.4, 0.5) is 0 Å². The number of aryl methyl sites for hydroxylation is 1. The SMILES string of the molecule is COc1ccc(S(=O)(=O)c2ccc(-n3nc(-c4ccc(C)cc4)c4ccccc4c3=O)cc2)cc1. The van der Waals surface area contributed by atoms with E-state index in [9.17, 15) is 13.2 Å². The van der Waals surface area contributed by atoms with Gasteiger partial charge in [-0.15, -0.1) is 0 Å². The van der Waals surface area contributed by atoms with Gasteiger partial charge < -0.3 is 4.74 Å². The summed E-state index contributed by atoms with van der Waals surface area (Å²) < 4.78 is 32.6. The van der Waals surface area contributed by atoms with Gasteiger partial charge in [0.2, 0.25) is 9.84 Å². The Morgan fingerprint density at radius 1 is 0.743 bits per heavy atom. The first kappa shape index (κ1) is 22.6. The van der Waals surface area contributed by atoms with E-state index < -0.39 is 9.84 Å². The predicted molar refractivity (Wildman–Crippen MR) is 136 cm³/mol. The molecule has 0 radical (unpaired) electrons. The van der Waals surface area contributed by atoms with Crippen molar-refractivity contribution in [1.82, 2.24) is 9.78 Å². The fraction of sp³-hybridized carbons (Fsp3) is 0.0714. The summed E-state index contributed by atoms with van der Waals surface area (Å²) in [6.45, 7) is 2.01. The summed E-state index contributed by atoms with van der Waals surface area (Å²) in [5.41, 5.74) is 2.89. The topological polar surface area (TPSA) is 78.3 Å². The average molecular weight is 483 g/mol. The lowest BCUT2D eigenvalue weighted by Gasteiger charge is -2.12. The predicted octanol–water partition coefficient (Wildman–Crippen LogP) is 5.20. The molecular formula is C28H22N2O4S. The molecule has 1 aromatic heterocycles. The molecule has 0 spiro atoms. The third-order valence-electron chi connectivity index (χ3n) is 5.89. The van der Waals surface area contributed by atoms with Gasteiger partial charge >= 0.3 is 0 Å². The maximum Gasteiger partial charge on any atom is 0.279 e. The number of aromatic nitrogens is 2. The van der Waals surface area contributed by atoms with Crippen LogP contribution in [-0.2, 0) is 9.84 Å². The van der Waals surface area contributed by atoms with Crippen LogP contribution in [0.1, 0.15) is 5.56 Å². The van der Waals surface area contributed by atoms with Gasteiger partial charge in [0.05, 0.1) is 33.7 Å². The highest BCUT2D eigenvalue weighted by Crippen LogP contribution is 2.27. The zero-order valence-electron chi connectivity index (χ0n) is 19.2. The van der Waals surface area contributed by atoms with Crippen molar-refractivity contribution in [3.8, 4) is 22.7 Å². The molecule has 0 aliphatic carbocycles. The first-order chi connectivity index (χ1) is 16.9. The smallest absolute Gasteiger partial charge is 0.279 e. The summed E-state index contributed by atoms with van der Waals surface area (Å²) in [4.78, 5) is 13.6. The van der Waals surface area contributed by atoms with Crippen LogP contribution in [0, 0.1) is 6.92 Å². The van der Waals surface area contributed by atoms with Gasteiger partial charge in [-0.2, -0.15) is 9.78 Å². The van der Waals surface area contributed by atoms with Crippen molar-refractivity contribution in [2.24, 2.45) is 0 Å². The molecule has 5 rings (SSSR count). The van der Waals surface area contributed by atoms with Crippen molar-refractivity contribution in [3.63, 3.8) is 0 Å². The first-order valence-corrected chi connectivity index (χ1v) is 12.5. The Morgan fingerprint density at radius 2 is 1.31 bits per heavy atom. The van der Waals surface area contributed by atoms with E-state index >= 15 is 0 Å². The molecule has 4 aromatic carbocycles. The number of rotatable bonds is 5. The van der Waals surface area contributed by atoms with Gasteiger partial charge in [-0.1, -0.05) is 48.0 Å². The highest BCUT2D eigenvalue weighted by Gasteiger charge is 2.19. The number of hydrogen-bond donors (Lipinski definition) is 0. The molecule has 7 heteroatoms. The highest BCUT2D eigenvalue weighted by atomic mass is 32.2. The van der Waals surface area contributed by atoms with Gasteiger partial charge in [0.15, 0.2) is 0 Å². The van der Waals surface area contributed by atoms with E-state index in [1.54, 1.807) is 30.3 Å². The standard InChI is InChI=1S/C28H22N2O4S/c1-19-7-9-20(10-8-19)27-25-5-3-4-6-26(25)28(31)30(29-27)21-11-15-23(16-12-21)35(32,33)24-17-13-22(34-2)14-18-24/h3-18H,1-2H3. The van der Waals surface area contributed by atoms with Gasteiger partial charge in [-0.25, -0.2) is 8.42 Å². The van der Waals surface area contributed by atoms with Crippen molar-refractivity contribution in [2.75, 3.05) is 7.11 Å². The number of sulfone groups is 1. The summed E-state index contributed by atoms with van der Waals surface area (Å²) in [5.74, 6) is 0.574. The van der Waals surface area contributed by atoms with Crippen LogP contribution in [0.15, 0.2) is 112 Å². The van der Waals surface area contributed by atoms with Gasteiger partial charge in [0.1, 0.15) is 5.75 Å². The fourth-order valence-corrected chi connectivity index (χ4v) is 5.21. The Balaban J connectivity index is 1.61. The Morgan fingerprint density at radius 3 is 1.91 bits per heavy atom. The molecule has 0 bridgehead atoms. The Hall–Kier alpha value is -4.23. The normalized spacial score (nSPS) is 11.5. The number of nitrogens with zero attached hydrogens (tertiary/aromatic N) is 2. The molecule has 0 N–H and O–H groups in total. The number of ether oxygens (including phenoxy) is 1. The largest absolute Gasteiger partial charge is 0.497 e. The second-order valence-electron chi connectivity index (χ2n) is 8.15. The molecule has 174 valence electrons. The first-order valence-electron chi connectivity index (χ1n) is 11.0. The highest BCUT2D eigenvalue weighted by molar-refractivity contribution is 7.91. The van der Waals surface area contributed by atoms with Crippen molar-refractivity contribution in [2.45, 2.75) is 16.7 Å². The summed E-state index contributed by atoms with van der Waals surface area (Å²) in [5, 5.41) is 5.98. The van der Waals surface area contributed by atoms with Crippen molar-refractivity contribution in [1.29, 1.82) is 0 Å². The van der Waals surface area contributed by atoms with Gasteiger partial charge in [-0.05, 0) is 61.5 Å². The molecule has 1 heterocycles. The van der Waals surface area contributed by atoms with Gasteiger partial charge in [0.25, 0.3) is 5.56 Å². The van der Waals surface area contributed by atoms with Crippen LogP contribution >= 0.6 is 0 Å². The fourth-order valence-electron chi connectivity index (χ4n) is 3.95. The van der Waals surface area contributed by atoms with E-state index in [1.807, 2.05) is 49.4 Å². The Labute approximate surface area is 203 Å². The summed E-state index contributed by atoms with van der Waals surface area (Å²) in [6.07, 6.45) is 0. The molecule has 0 unspecified atom stereocenters. The molecule has 0 aliphatic rings. The lowest BCUT2D eigenvalue weighted by Crippen LogP contribution is -2.22. The zero-order chi connectivity index (χ0) is 24.6.